The summed E-state index contributed by atoms with van der Waals surface area (Å²) in [6.45, 7) is 1.41. The molecular weight excluding hydrogens is 324 g/mol. The zero-order valence-electron chi connectivity index (χ0n) is 14.6. The predicted octanol–water partition coefficient (Wildman–Crippen LogP) is 1.36. The average molecular weight is 346 g/mol. The molecule has 0 radical (unpaired) electrons. The summed E-state index contributed by atoms with van der Waals surface area (Å²) < 4.78 is 16.4. The summed E-state index contributed by atoms with van der Waals surface area (Å²) in [6, 6.07) is 1.85. The van der Waals surface area contributed by atoms with Crippen LogP contribution in [-0.4, -0.2) is 50.3 Å². The third kappa shape index (κ3) is 2.99. The first-order valence-electron chi connectivity index (χ1n) is 8.08. The van der Waals surface area contributed by atoms with Gasteiger partial charge in [-0.1, -0.05) is 0 Å². The van der Waals surface area contributed by atoms with E-state index in [9.17, 15) is 4.79 Å². The van der Waals surface area contributed by atoms with Crippen LogP contribution in [0.3, 0.4) is 0 Å². The Morgan fingerprint density at radius 3 is 2.36 bits per heavy atom. The van der Waals surface area contributed by atoms with E-state index < -0.39 is 0 Å². The Bertz CT molecular complexity index is 788. The van der Waals surface area contributed by atoms with Crippen LogP contribution in [0.4, 0.5) is 5.82 Å². The number of anilines is 1. The number of primary amides is 1. The number of nitrogens with two attached hydrogens (primary N) is 1. The minimum atomic E-state index is -0.236. The lowest BCUT2D eigenvalue weighted by molar-refractivity contribution is -0.122. The van der Waals surface area contributed by atoms with Crippen LogP contribution in [0.25, 0.3) is 10.9 Å². The second-order valence-corrected chi connectivity index (χ2v) is 5.90. The lowest BCUT2D eigenvalue weighted by Gasteiger charge is -2.32. The van der Waals surface area contributed by atoms with E-state index in [0.717, 1.165) is 11.2 Å². The van der Waals surface area contributed by atoms with Gasteiger partial charge in [-0.25, -0.2) is 9.97 Å². The first kappa shape index (κ1) is 17.1. The minimum absolute atomic E-state index is 0.0754. The molecule has 0 spiro atoms. The molecule has 1 aromatic heterocycles. The first-order chi connectivity index (χ1) is 12.1. The lowest BCUT2D eigenvalue weighted by atomic mass is 9.96. The molecule has 0 bridgehead atoms. The molecule has 2 aromatic rings. The van der Waals surface area contributed by atoms with Crippen LogP contribution in [0.2, 0.25) is 0 Å². The highest BCUT2D eigenvalue weighted by Gasteiger charge is 2.26. The highest BCUT2D eigenvalue weighted by Crippen LogP contribution is 2.44. The second kappa shape index (κ2) is 7.00. The van der Waals surface area contributed by atoms with Crippen molar-refractivity contribution < 1.29 is 19.0 Å². The number of carbonyl (C=O) groups is 1. The number of piperidine rings is 1. The average Bonchev–Trinajstić information content (AvgIpc) is 2.65. The number of ether oxygens (including phenoxy) is 3. The van der Waals surface area contributed by atoms with Gasteiger partial charge in [0.05, 0.1) is 26.7 Å². The summed E-state index contributed by atoms with van der Waals surface area (Å²) in [4.78, 5) is 22.3. The summed E-state index contributed by atoms with van der Waals surface area (Å²) in [7, 11) is 4.70. The monoisotopic (exact) mass is 346 g/mol. The Morgan fingerprint density at radius 2 is 1.80 bits per heavy atom. The Balaban J connectivity index is 2.07. The van der Waals surface area contributed by atoms with Crippen LogP contribution >= 0.6 is 0 Å². The highest BCUT2D eigenvalue weighted by atomic mass is 16.5. The van der Waals surface area contributed by atoms with Crippen LogP contribution in [0, 0.1) is 5.92 Å². The van der Waals surface area contributed by atoms with Crippen molar-refractivity contribution in [2.24, 2.45) is 11.7 Å². The van der Waals surface area contributed by atoms with Crippen LogP contribution in [-0.2, 0) is 4.79 Å². The van der Waals surface area contributed by atoms with Gasteiger partial charge in [-0.2, -0.15) is 0 Å². The molecule has 8 nitrogen and oxygen atoms in total. The molecule has 1 aliphatic heterocycles. The van der Waals surface area contributed by atoms with E-state index in [0.29, 0.717) is 48.7 Å². The Morgan fingerprint density at radius 1 is 1.12 bits per heavy atom. The number of rotatable bonds is 5. The quantitative estimate of drug-likeness (QED) is 0.872. The van der Waals surface area contributed by atoms with E-state index in [1.165, 1.54) is 6.33 Å². The molecule has 25 heavy (non-hydrogen) atoms. The zero-order chi connectivity index (χ0) is 18.0. The van der Waals surface area contributed by atoms with Gasteiger partial charge in [-0.15, -0.1) is 0 Å². The molecule has 134 valence electrons. The van der Waals surface area contributed by atoms with Gasteiger partial charge >= 0.3 is 0 Å². The number of methoxy groups -OCH3 is 3. The van der Waals surface area contributed by atoms with E-state index in [1.807, 2.05) is 6.07 Å². The van der Waals surface area contributed by atoms with Crippen molar-refractivity contribution in [3.05, 3.63) is 12.4 Å². The third-order valence-electron chi connectivity index (χ3n) is 4.61. The fourth-order valence-electron chi connectivity index (χ4n) is 3.28. The molecule has 0 saturated carbocycles. The summed E-state index contributed by atoms with van der Waals surface area (Å²) in [5.74, 6) is 2.03. The normalized spacial score (nSPS) is 15.2. The van der Waals surface area contributed by atoms with Gasteiger partial charge < -0.3 is 24.8 Å². The van der Waals surface area contributed by atoms with Crippen LogP contribution in [0.1, 0.15) is 12.8 Å². The number of amides is 1. The van der Waals surface area contributed by atoms with Gasteiger partial charge in [0, 0.05) is 19.0 Å². The predicted molar refractivity (Wildman–Crippen MR) is 93.3 cm³/mol. The molecule has 2 N–H and O–H groups in total. The maximum Gasteiger partial charge on any atom is 0.220 e. The number of hydrogen-bond donors (Lipinski definition) is 1. The Hall–Kier alpha value is -2.77. The van der Waals surface area contributed by atoms with E-state index in [-0.39, 0.29) is 11.8 Å². The zero-order valence-corrected chi connectivity index (χ0v) is 14.6. The molecule has 3 rings (SSSR count). The number of hydrogen-bond acceptors (Lipinski definition) is 7. The largest absolute Gasteiger partial charge is 0.493 e. The highest BCUT2D eigenvalue weighted by molar-refractivity contribution is 5.97. The van der Waals surface area contributed by atoms with Crippen LogP contribution in [0.15, 0.2) is 12.4 Å². The van der Waals surface area contributed by atoms with E-state index in [2.05, 4.69) is 14.9 Å². The fourth-order valence-corrected chi connectivity index (χ4v) is 3.28. The number of aromatic nitrogens is 2. The smallest absolute Gasteiger partial charge is 0.220 e. The van der Waals surface area contributed by atoms with E-state index >= 15 is 0 Å². The van der Waals surface area contributed by atoms with Gasteiger partial charge in [0.25, 0.3) is 0 Å². The SMILES string of the molecule is COc1cc2c(N3CCC(C(N)=O)CC3)ncnc2c(OC)c1OC. The molecule has 1 aromatic carbocycles. The molecule has 0 aliphatic carbocycles. The summed E-state index contributed by atoms with van der Waals surface area (Å²) >= 11 is 0. The second-order valence-electron chi connectivity index (χ2n) is 5.90. The van der Waals surface area contributed by atoms with Gasteiger partial charge in [0.15, 0.2) is 11.5 Å². The van der Waals surface area contributed by atoms with Crippen molar-refractivity contribution in [1.29, 1.82) is 0 Å². The molecule has 8 heteroatoms. The molecule has 0 atom stereocenters. The Labute approximate surface area is 145 Å². The maximum atomic E-state index is 11.4. The minimum Gasteiger partial charge on any atom is -0.493 e. The molecule has 1 amide bonds. The number of fused-ring (bicyclic) bond motifs is 1. The maximum absolute atomic E-state index is 11.4. The number of carbonyl (C=O) groups excluding carboxylic acids is 1. The van der Waals surface area contributed by atoms with Crippen LogP contribution in [0.5, 0.6) is 17.2 Å². The standard InChI is InChI=1S/C17H22N4O4/c1-23-12-8-11-13(15(25-3)14(12)24-2)19-9-20-17(11)21-6-4-10(5-7-21)16(18)22/h8-10H,4-7H2,1-3H3,(H2,18,22). The molecular formula is C17H22N4O4. The van der Waals surface area contributed by atoms with Crippen molar-refractivity contribution in [3.8, 4) is 17.2 Å². The lowest BCUT2D eigenvalue weighted by Crippen LogP contribution is -2.39. The van der Waals surface area contributed by atoms with Crippen molar-refractivity contribution >= 4 is 22.6 Å². The molecule has 1 fully saturated rings. The van der Waals surface area contributed by atoms with Gasteiger partial charge in [-0.3, -0.25) is 4.79 Å². The van der Waals surface area contributed by atoms with E-state index in [4.69, 9.17) is 19.9 Å². The Kier molecular flexibility index (Phi) is 4.78. The van der Waals surface area contributed by atoms with E-state index in [1.54, 1.807) is 21.3 Å². The summed E-state index contributed by atoms with van der Waals surface area (Å²) in [5.41, 5.74) is 6.07. The number of nitrogens with zero attached hydrogens (tertiary/aromatic N) is 3. The van der Waals surface area contributed by atoms with Crippen molar-refractivity contribution in [1.82, 2.24) is 9.97 Å². The molecule has 2 heterocycles. The van der Waals surface area contributed by atoms with Crippen molar-refractivity contribution in [3.63, 3.8) is 0 Å². The van der Waals surface area contributed by atoms with Gasteiger partial charge in [0.2, 0.25) is 11.7 Å². The molecule has 0 unspecified atom stereocenters. The first-order valence-corrected chi connectivity index (χ1v) is 8.08. The third-order valence-corrected chi connectivity index (χ3v) is 4.61. The van der Waals surface area contributed by atoms with Gasteiger partial charge in [0.1, 0.15) is 17.7 Å². The fraction of sp³-hybridized carbons (Fsp3) is 0.471. The summed E-state index contributed by atoms with van der Waals surface area (Å²) in [6.07, 6.45) is 2.93. The molecule has 1 aliphatic rings. The summed E-state index contributed by atoms with van der Waals surface area (Å²) in [5, 5.41) is 0.814. The van der Waals surface area contributed by atoms with Crippen molar-refractivity contribution in [2.45, 2.75) is 12.8 Å². The van der Waals surface area contributed by atoms with Crippen molar-refractivity contribution in [2.75, 3.05) is 39.3 Å². The topological polar surface area (TPSA) is 99.8 Å². The van der Waals surface area contributed by atoms with Crippen LogP contribution < -0.4 is 24.8 Å². The number of benzene rings is 1. The molecule has 1 saturated heterocycles. The van der Waals surface area contributed by atoms with Gasteiger partial charge in [-0.05, 0) is 18.9 Å².